The van der Waals surface area contributed by atoms with Crippen LogP contribution in [0.3, 0.4) is 0 Å². The Bertz CT molecular complexity index is 419. The number of carbonyl (C=O) groups is 1. The molecule has 1 rings (SSSR count). The Labute approximate surface area is 110 Å². The van der Waals surface area contributed by atoms with Crippen LogP contribution < -0.4 is 5.32 Å². The molecule has 0 amide bonds. The lowest BCUT2D eigenvalue weighted by atomic mass is 9.98. The molecule has 0 aliphatic rings. The molecular weight excluding hydrogens is 284 g/mol. The molecule has 0 atom stereocenters. The van der Waals surface area contributed by atoms with Gasteiger partial charge in [0, 0.05) is 16.2 Å². The summed E-state index contributed by atoms with van der Waals surface area (Å²) in [4.78, 5) is 15.2. The van der Waals surface area contributed by atoms with E-state index in [1.54, 1.807) is 12.3 Å². The Balaban J connectivity index is 3.02. The molecule has 1 aromatic heterocycles. The molecule has 0 bridgehead atoms. The Morgan fingerprint density at radius 1 is 1.59 bits per heavy atom. The van der Waals surface area contributed by atoms with E-state index in [2.05, 4.69) is 33.2 Å². The molecule has 0 radical (unpaired) electrons. The van der Waals surface area contributed by atoms with Crippen LogP contribution in [0.15, 0.2) is 16.7 Å². The average Bonchev–Trinajstić information content (AvgIpc) is 2.20. The number of nitrogens with one attached hydrogen (secondary N) is 1. The fourth-order valence-corrected chi connectivity index (χ4v) is 2.04. The number of halogens is 1. The predicted molar refractivity (Wildman–Crippen MR) is 71.5 cm³/mol. The summed E-state index contributed by atoms with van der Waals surface area (Å²) in [6, 6.07) is 1.56. The molecule has 0 aliphatic heterocycles. The molecule has 1 heterocycles. The summed E-state index contributed by atoms with van der Waals surface area (Å²) >= 11 is 3.22. The minimum Gasteiger partial charge on any atom is -0.478 e. The monoisotopic (exact) mass is 300 g/mol. The van der Waals surface area contributed by atoms with E-state index < -0.39 is 5.97 Å². The lowest BCUT2D eigenvalue weighted by Gasteiger charge is -2.27. The molecule has 17 heavy (non-hydrogen) atoms. The van der Waals surface area contributed by atoms with Crippen LogP contribution in [-0.2, 0) is 0 Å². The van der Waals surface area contributed by atoms with Crippen LogP contribution in [0.4, 0.5) is 5.82 Å². The Morgan fingerprint density at radius 3 is 2.76 bits per heavy atom. The lowest BCUT2D eigenvalue weighted by Crippen LogP contribution is -2.31. The van der Waals surface area contributed by atoms with Gasteiger partial charge in [0.2, 0.25) is 0 Å². The summed E-state index contributed by atoms with van der Waals surface area (Å²) in [5.41, 5.74) is 0.0170. The Morgan fingerprint density at radius 2 is 2.24 bits per heavy atom. The molecule has 0 saturated carbocycles. The number of hydrogen-bond donors (Lipinski definition) is 2. The van der Waals surface area contributed by atoms with Crippen molar-refractivity contribution in [3.63, 3.8) is 0 Å². The first-order valence-electron chi connectivity index (χ1n) is 5.53. The van der Waals surface area contributed by atoms with Gasteiger partial charge < -0.3 is 10.4 Å². The van der Waals surface area contributed by atoms with Crippen LogP contribution in [0, 0.1) is 0 Å². The van der Waals surface area contributed by atoms with Gasteiger partial charge in [-0.3, -0.25) is 0 Å². The van der Waals surface area contributed by atoms with Gasteiger partial charge in [-0.15, -0.1) is 0 Å². The van der Waals surface area contributed by atoms with E-state index in [4.69, 9.17) is 5.11 Å². The number of carboxylic acid groups (broad SMARTS) is 1. The minimum atomic E-state index is -0.978. The molecule has 0 spiro atoms. The molecule has 4 nitrogen and oxygen atoms in total. The first-order chi connectivity index (χ1) is 7.85. The third-order valence-corrected chi connectivity index (χ3v) is 2.85. The van der Waals surface area contributed by atoms with Crippen LogP contribution in [0.25, 0.3) is 0 Å². The highest BCUT2D eigenvalue weighted by atomic mass is 79.9. The Hall–Kier alpha value is -1.10. The third kappa shape index (κ3) is 4.00. The normalized spacial score (nSPS) is 11.3. The quantitative estimate of drug-likeness (QED) is 0.873. The number of aromatic nitrogens is 1. The van der Waals surface area contributed by atoms with Gasteiger partial charge in [-0.1, -0.05) is 13.3 Å². The lowest BCUT2D eigenvalue weighted by molar-refractivity contribution is 0.0697. The second kappa shape index (κ2) is 5.49. The zero-order valence-corrected chi connectivity index (χ0v) is 11.8. The third-order valence-electron chi connectivity index (χ3n) is 2.42. The van der Waals surface area contributed by atoms with Crippen molar-refractivity contribution in [3.8, 4) is 0 Å². The van der Waals surface area contributed by atoms with Gasteiger partial charge in [0.1, 0.15) is 11.4 Å². The van der Waals surface area contributed by atoms with Gasteiger partial charge >= 0.3 is 5.97 Å². The number of hydrogen-bond acceptors (Lipinski definition) is 3. The number of anilines is 1. The van der Waals surface area contributed by atoms with Crippen molar-refractivity contribution in [1.29, 1.82) is 0 Å². The maximum Gasteiger partial charge on any atom is 0.339 e. The number of pyridine rings is 1. The van der Waals surface area contributed by atoms with Crippen molar-refractivity contribution in [3.05, 3.63) is 22.3 Å². The van der Waals surface area contributed by atoms with Crippen molar-refractivity contribution in [2.75, 3.05) is 5.32 Å². The summed E-state index contributed by atoms with van der Waals surface area (Å²) in [5, 5.41) is 12.3. The van der Waals surface area contributed by atoms with Gasteiger partial charge in [-0.05, 0) is 42.3 Å². The average molecular weight is 301 g/mol. The molecule has 0 aliphatic carbocycles. The summed E-state index contributed by atoms with van der Waals surface area (Å²) in [5.74, 6) is -0.562. The van der Waals surface area contributed by atoms with Crippen molar-refractivity contribution in [1.82, 2.24) is 4.98 Å². The molecule has 5 heteroatoms. The fourth-order valence-electron chi connectivity index (χ4n) is 1.71. The van der Waals surface area contributed by atoms with E-state index in [0.717, 1.165) is 12.8 Å². The van der Waals surface area contributed by atoms with E-state index in [-0.39, 0.29) is 11.1 Å². The highest BCUT2D eigenvalue weighted by Crippen LogP contribution is 2.23. The number of rotatable bonds is 5. The second-order valence-electron chi connectivity index (χ2n) is 4.61. The smallest absolute Gasteiger partial charge is 0.339 e. The minimum absolute atomic E-state index is 0.167. The SMILES string of the molecule is CCCC(C)(C)Nc1ncc(Br)cc1C(=O)O. The van der Waals surface area contributed by atoms with Gasteiger partial charge in [0.15, 0.2) is 0 Å². The maximum absolute atomic E-state index is 11.1. The summed E-state index contributed by atoms with van der Waals surface area (Å²) in [6.07, 6.45) is 3.57. The first kappa shape index (κ1) is 14.0. The highest BCUT2D eigenvalue weighted by Gasteiger charge is 2.20. The van der Waals surface area contributed by atoms with Crippen molar-refractivity contribution < 1.29 is 9.90 Å². The van der Waals surface area contributed by atoms with Crippen molar-refractivity contribution in [2.45, 2.75) is 39.2 Å². The Kier molecular flexibility index (Phi) is 4.51. The van der Waals surface area contributed by atoms with E-state index in [0.29, 0.717) is 10.3 Å². The molecule has 0 unspecified atom stereocenters. The van der Waals surface area contributed by atoms with E-state index in [1.807, 2.05) is 13.8 Å². The molecule has 0 aromatic carbocycles. The standard InChI is InChI=1S/C12H17BrN2O2/c1-4-5-12(2,3)15-10-9(11(16)17)6-8(13)7-14-10/h6-7H,4-5H2,1-3H3,(H,14,15)(H,16,17). The van der Waals surface area contributed by atoms with Gasteiger partial charge in [-0.2, -0.15) is 0 Å². The predicted octanol–water partition coefficient (Wildman–Crippen LogP) is 3.53. The van der Waals surface area contributed by atoms with E-state index in [1.165, 1.54) is 0 Å². The molecule has 0 saturated heterocycles. The molecule has 94 valence electrons. The molecule has 0 fully saturated rings. The van der Waals surface area contributed by atoms with Crippen LogP contribution in [-0.4, -0.2) is 21.6 Å². The van der Waals surface area contributed by atoms with E-state index >= 15 is 0 Å². The second-order valence-corrected chi connectivity index (χ2v) is 5.53. The number of carboxylic acids is 1. The van der Waals surface area contributed by atoms with Crippen LogP contribution in [0.1, 0.15) is 44.0 Å². The highest BCUT2D eigenvalue weighted by molar-refractivity contribution is 9.10. The number of nitrogens with zero attached hydrogens (tertiary/aromatic N) is 1. The summed E-state index contributed by atoms with van der Waals surface area (Å²) in [6.45, 7) is 6.16. The molecule has 1 aromatic rings. The topological polar surface area (TPSA) is 62.2 Å². The van der Waals surface area contributed by atoms with Crippen LogP contribution in [0.5, 0.6) is 0 Å². The summed E-state index contributed by atoms with van der Waals surface area (Å²) in [7, 11) is 0. The van der Waals surface area contributed by atoms with Crippen LogP contribution in [0.2, 0.25) is 0 Å². The number of aromatic carboxylic acids is 1. The molecular formula is C12H17BrN2O2. The summed E-state index contributed by atoms with van der Waals surface area (Å²) < 4.78 is 0.661. The zero-order valence-electron chi connectivity index (χ0n) is 10.2. The largest absolute Gasteiger partial charge is 0.478 e. The van der Waals surface area contributed by atoms with E-state index in [9.17, 15) is 4.79 Å². The van der Waals surface area contributed by atoms with Gasteiger partial charge in [0.05, 0.1) is 0 Å². The van der Waals surface area contributed by atoms with Gasteiger partial charge in [-0.25, -0.2) is 9.78 Å². The zero-order chi connectivity index (χ0) is 13.1. The first-order valence-corrected chi connectivity index (χ1v) is 6.32. The van der Waals surface area contributed by atoms with Crippen molar-refractivity contribution >= 4 is 27.7 Å². The van der Waals surface area contributed by atoms with Crippen molar-refractivity contribution in [2.24, 2.45) is 0 Å². The van der Waals surface area contributed by atoms with Crippen LogP contribution >= 0.6 is 15.9 Å². The van der Waals surface area contributed by atoms with Gasteiger partial charge in [0.25, 0.3) is 0 Å². The molecule has 2 N–H and O–H groups in total. The maximum atomic E-state index is 11.1. The fraction of sp³-hybridized carbons (Fsp3) is 0.500.